The molecule has 20 heavy (non-hydrogen) atoms. The van der Waals surface area contributed by atoms with Crippen LogP contribution in [0.4, 0.5) is 11.5 Å². The molecule has 0 spiro atoms. The summed E-state index contributed by atoms with van der Waals surface area (Å²) in [5.74, 6) is 2.43. The smallest absolute Gasteiger partial charge is 0.126 e. The van der Waals surface area contributed by atoms with Gasteiger partial charge in [-0.25, -0.2) is 4.98 Å². The highest BCUT2D eigenvalue weighted by Gasteiger charge is 1.98. The largest absolute Gasteiger partial charge is 0.497 e. The minimum absolute atomic E-state index is 0.553. The van der Waals surface area contributed by atoms with Crippen LogP contribution in [0.3, 0.4) is 0 Å². The average molecular weight is 273 g/mol. The molecule has 0 atom stereocenters. The van der Waals surface area contributed by atoms with Gasteiger partial charge in [-0.3, -0.25) is 0 Å². The highest BCUT2D eigenvalue weighted by molar-refractivity contribution is 5.50. The van der Waals surface area contributed by atoms with E-state index in [-0.39, 0.29) is 0 Å². The maximum atomic E-state index is 5.72. The van der Waals surface area contributed by atoms with E-state index in [0.29, 0.717) is 18.8 Å². The van der Waals surface area contributed by atoms with E-state index < -0.39 is 0 Å². The van der Waals surface area contributed by atoms with Gasteiger partial charge in [0.05, 0.1) is 25.5 Å². The fourth-order valence-corrected chi connectivity index (χ4v) is 1.68. The number of nitrogens with one attached hydrogen (secondary N) is 1. The fraction of sp³-hybridized carbons (Fsp3) is 0.267. The topological polar surface area (TPSA) is 69.4 Å². The molecule has 0 unspecified atom stereocenters. The monoisotopic (exact) mass is 273 g/mol. The van der Waals surface area contributed by atoms with Crippen LogP contribution in [0.25, 0.3) is 0 Å². The Labute approximate surface area is 118 Å². The molecule has 0 fully saturated rings. The number of nitrogens with two attached hydrogens (primary N) is 1. The highest BCUT2D eigenvalue weighted by atomic mass is 16.5. The normalized spacial score (nSPS) is 10.1. The molecular weight excluding hydrogens is 254 g/mol. The van der Waals surface area contributed by atoms with Gasteiger partial charge in [0.1, 0.15) is 23.9 Å². The summed E-state index contributed by atoms with van der Waals surface area (Å²) >= 11 is 0. The summed E-state index contributed by atoms with van der Waals surface area (Å²) in [5, 5.41) is 3.19. The molecular formula is C15H19N3O2. The number of aryl methyl sites for hydroxylation is 1. The van der Waals surface area contributed by atoms with Crippen LogP contribution in [0.2, 0.25) is 0 Å². The lowest BCUT2D eigenvalue weighted by Gasteiger charge is -2.09. The summed E-state index contributed by atoms with van der Waals surface area (Å²) in [7, 11) is 1.64. The third-order valence-corrected chi connectivity index (χ3v) is 2.89. The van der Waals surface area contributed by atoms with Crippen molar-refractivity contribution in [1.29, 1.82) is 0 Å². The molecule has 0 saturated heterocycles. The van der Waals surface area contributed by atoms with E-state index in [4.69, 9.17) is 15.2 Å². The van der Waals surface area contributed by atoms with E-state index in [2.05, 4.69) is 10.3 Å². The van der Waals surface area contributed by atoms with E-state index in [1.54, 1.807) is 13.3 Å². The minimum atomic E-state index is 0.553. The molecule has 0 saturated carbocycles. The number of pyridine rings is 1. The van der Waals surface area contributed by atoms with Crippen molar-refractivity contribution in [3.05, 3.63) is 42.1 Å². The van der Waals surface area contributed by atoms with Gasteiger partial charge in [-0.15, -0.1) is 0 Å². The second-order valence-corrected chi connectivity index (χ2v) is 4.38. The number of methoxy groups -OCH3 is 1. The molecule has 0 aliphatic heterocycles. The van der Waals surface area contributed by atoms with Gasteiger partial charge in [0.25, 0.3) is 0 Å². The third kappa shape index (κ3) is 3.78. The Kier molecular flexibility index (Phi) is 4.65. The number of anilines is 2. The van der Waals surface area contributed by atoms with Crippen molar-refractivity contribution in [3.63, 3.8) is 0 Å². The predicted molar refractivity (Wildman–Crippen MR) is 80.4 cm³/mol. The number of rotatable bonds is 6. The number of hydrogen-bond acceptors (Lipinski definition) is 5. The van der Waals surface area contributed by atoms with Crippen LogP contribution in [0, 0.1) is 6.92 Å². The van der Waals surface area contributed by atoms with Crippen LogP contribution in [0.5, 0.6) is 11.5 Å². The zero-order chi connectivity index (χ0) is 14.4. The lowest BCUT2D eigenvalue weighted by atomic mass is 10.2. The van der Waals surface area contributed by atoms with Crippen LogP contribution in [0.15, 0.2) is 36.5 Å². The molecule has 1 aromatic heterocycles. The summed E-state index contributed by atoms with van der Waals surface area (Å²) in [6.45, 7) is 3.18. The lowest BCUT2D eigenvalue weighted by molar-refractivity contribution is 0.331. The maximum Gasteiger partial charge on any atom is 0.126 e. The van der Waals surface area contributed by atoms with E-state index in [1.807, 2.05) is 37.3 Å². The first-order chi connectivity index (χ1) is 9.69. The molecule has 5 nitrogen and oxygen atoms in total. The zero-order valence-electron chi connectivity index (χ0n) is 11.7. The van der Waals surface area contributed by atoms with Gasteiger partial charge >= 0.3 is 0 Å². The van der Waals surface area contributed by atoms with E-state index >= 15 is 0 Å². The predicted octanol–water partition coefficient (Wildman–Crippen LogP) is 2.47. The molecule has 106 valence electrons. The molecule has 0 bridgehead atoms. The number of aromatic nitrogens is 1. The van der Waals surface area contributed by atoms with Crippen molar-refractivity contribution in [2.24, 2.45) is 0 Å². The van der Waals surface area contributed by atoms with Crippen molar-refractivity contribution in [2.75, 3.05) is 31.3 Å². The number of benzene rings is 1. The van der Waals surface area contributed by atoms with E-state index in [9.17, 15) is 0 Å². The van der Waals surface area contributed by atoms with E-state index in [1.165, 1.54) is 0 Å². The van der Waals surface area contributed by atoms with Gasteiger partial charge in [0.2, 0.25) is 0 Å². The maximum absolute atomic E-state index is 5.72. The van der Waals surface area contributed by atoms with Gasteiger partial charge in [-0.2, -0.15) is 0 Å². The first-order valence-electron chi connectivity index (χ1n) is 6.42. The summed E-state index contributed by atoms with van der Waals surface area (Å²) in [5.41, 5.74) is 7.43. The first-order valence-corrected chi connectivity index (χ1v) is 6.42. The quantitative estimate of drug-likeness (QED) is 0.791. The molecule has 2 aromatic rings. The first kappa shape index (κ1) is 14.0. The Hall–Kier alpha value is -2.43. The molecule has 1 aromatic carbocycles. The number of ether oxygens (including phenoxy) is 2. The molecule has 2 rings (SSSR count). The molecule has 0 aliphatic carbocycles. The van der Waals surface area contributed by atoms with Gasteiger partial charge in [0.15, 0.2) is 0 Å². The van der Waals surface area contributed by atoms with Crippen LogP contribution in [-0.4, -0.2) is 25.2 Å². The SMILES string of the molecule is COc1ccc(OCCNc2cc(C)c(N)cn2)cc1. The summed E-state index contributed by atoms with van der Waals surface area (Å²) < 4.78 is 10.7. The Morgan fingerprint density at radius 1 is 1.20 bits per heavy atom. The molecule has 5 heteroatoms. The van der Waals surface area contributed by atoms with Crippen LogP contribution in [-0.2, 0) is 0 Å². The molecule has 3 N–H and O–H groups in total. The Bertz CT molecular complexity index is 556. The minimum Gasteiger partial charge on any atom is -0.497 e. The molecule has 0 aliphatic rings. The van der Waals surface area contributed by atoms with Crippen molar-refractivity contribution in [3.8, 4) is 11.5 Å². The molecule has 0 amide bonds. The standard InChI is InChI=1S/C15H19N3O2/c1-11-9-15(18-10-14(11)16)17-7-8-20-13-5-3-12(19-2)4-6-13/h3-6,9-10H,7-8,16H2,1-2H3,(H,17,18). The Balaban J connectivity index is 1.76. The van der Waals surface area contributed by atoms with E-state index in [0.717, 1.165) is 22.9 Å². The fourth-order valence-electron chi connectivity index (χ4n) is 1.68. The molecule has 0 radical (unpaired) electrons. The number of nitrogen functional groups attached to an aromatic ring is 1. The second kappa shape index (κ2) is 6.65. The van der Waals surface area contributed by atoms with Crippen molar-refractivity contribution < 1.29 is 9.47 Å². The van der Waals surface area contributed by atoms with Gasteiger partial charge in [0, 0.05) is 0 Å². The van der Waals surface area contributed by atoms with Gasteiger partial charge in [-0.05, 0) is 42.8 Å². The zero-order valence-corrected chi connectivity index (χ0v) is 11.7. The second-order valence-electron chi connectivity index (χ2n) is 4.38. The van der Waals surface area contributed by atoms with Gasteiger partial charge < -0.3 is 20.5 Å². The third-order valence-electron chi connectivity index (χ3n) is 2.89. The average Bonchev–Trinajstić information content (AvgIpc) is 2.48. The Morgan fingerprint density at radius 3 is 2.55 bits per heavy atom. The number of hydrogen-bond donors (Lipinski definition) is 2. The van der Waals surface area contributed by atoms with Crippen molar-refractivity contribution in [2.45, 2.75) is 6.92 Å². The van der Waals surface area contributed by atoms with Crippen molar-refractivity contribution >= 4 is 11.5 Å². The summed E-state index contributed by atoms with van der Waals surface area (Å²) in [6.07, 6.45) is 1.65. The highest BCUT2D eigenvalue weighted by Crippen LogP contribution is 2.17. The van der Waals surface area contributed by atoms with Crippen LogP contribution in [0.1, 0.15) is 5.56 Å². The summed E-state index contributed by atoms with van der Waals surface area (Å²) in [6, 6.07) is 9.42. The van der Waals surface area contributed by atoms with Crippen LogP contribution >= 0.6 is 0 Å². The molecule has 1 heterocycles. The van der Waals surface area contributed by atoms with Gasteiger partial charge in [-0.1, -0.05) is 0 Å². The summed E-state index contributed by atoms with van der Waals surface area (Å²) in [4.78, 5) is 4.20. The Morgan fingerprint density at radius 2 is 1.90 bits per heavy atom. The number of nitrogens with zero attached hydrogens (tertiary/aromatic N) is 1. The lowest BCUT2D eigenvalue weighted by Crippen LogP contribution is -2.12. The van der Waals surface area contributed by atoms with Crippen LogP contribution < -0.4 is 20.5 Å². The van der Waals surface area contributed by atoms with Crippen molar-refractivity contribution in [1.82, 2.24) is 4.98 Å².